The summed E-state index contributed by atoms with van der Waals surface area (Å²) in [5.41, 5.74) is 9.23. The Labute approximate surface area is 105 Å². The first-order chi connectivity index (χ1) is 8.08. The van der Waals surface area contributed by atoms with Gasteiger partial charge in [0.05, 0.1) is 13.3 Å². The Kier molecular flexibility index (Phi) is 4.71. The number of benzene rings is 1. The predicted octanol–water partition coefficient (Wildman–Crippen LogP) is 1.13. The number of methoxy groups -OCH3 is 1. The van der Waals surface area contributed by atoms with Gasteiger partial charge in [-0.3, -0.25) is 5.43 Å². The highest BCUT2D eigenvalue weighted by atomic mass is 32.1. The molecule has 92 valence electrons. The average molecular weight is 253 g/mol. The second-order valence-corrected chi connectivity index (χ2v) is 3.76. The summed E-state index contributed by atoms with van der Waals surface area (Å²) < 4.78 is 5.07. The van der Waals surface area contributed by atoms with Crippen molar-refractivity contribution in [2.24, 2.45) is 10.8 Å². The molecule has 0 atom stereocenters. The van der Waals surface area contributed by atoms with Gasteiger partial charge in [0.15, 0.2) is 16.6 Å². The lowest BCUT2D eigenvalue weighted by Gasteiger charge is -2.08. The quantitative estimate of drug-likeness (QED) is 0.426. The highest BCUT2D eigenvalue weighted by molar-refractivity contribution is 7.80. The second kappa shape index (κ2) is 6.05. The van der Waals surface area contributed by atoms with Crippen molar-refractivity contribution in [1.29, 1.82) is 0 Å². The van der Waals surface area contributed by atoms with Gasteiger partial charge in [0.2, 0.25) is 0 Å². The van der Waals surface area contributed by atoms with Gasteiger partial charge < -0.3 is 15.6 Å². The summed E-state index contributed by atoms with van der Waals surface area (Å²) in [6.45, 7) is 2.01. The number of thiocarbonyl (C=S) groups is 1. The topological polar surface area (TPSA) is 79.9 Å². The number of hydrogen-bond acceptors (Lipinski definition) is 4. The van der Waals surface area contributed by atoms with Crippen LogP contribution in [0, 0.1) is 0 Å². The summed E-state index contributed by atoms with van der Waals surface area (Å²) in [6.07, 6.45) is 2.27. The molecule has 0 amide bonds. The number of ether oxygens (including phenoxy) is 1. The van der Waals surface area contributed by atoms with Crippen LogP contribution in [0.15, 0.2) is 17.2 Å². The molecule has 0 spiro atoms. The number of phenolic OH excluding ortho intramolecular Hbond substituents is 1. The number of nitrogens with one attached hydrogen (secondary N) is 1. The smallest absolute Gasteiger partial charge is 0.184 e. The molecule has 4 N–H and O–H groups in total. The molecule has 0 bridgehead atoms. The molecular formula is C11H15N3O2S. The van der Waals surface area contributed by atoms with Crippen molar-refractivity contribution in [2.45, 2.75) is 13.3 Å². The third-order valence-corrected chi connectivity index (χ3v) is 2.26. The van der Waals surface area contributed by atoms with E-state index in [-0.39, 0.29) is 10.9 Å². The van der Waals surface area contributed by atoms with E-state index in [1.165, 1.54) is 13.3 Å². The Hall–Kier alpha value is -1.82. The van der Waals surface area contributed by atoms with Crippen LogP contribution in [-0.2, 0) is 6.42 Å². The van der Waals surface area contributed by atoms with Gasteiger partial charge in [-0.1, -0.05) is 6.92 Å². The van der Waals surface area contributed by atoms with Crippen LogP contribution in [0.25, 0.3) is 0 Å². The lowest BCUT2D eigenvalue weighted by molar-refractivity contribution is 0.372. The minimum absolute atomic E-state index is 0.0400. The first-order valence-corrected chi connectivity index (χ1v) is 5.47. The normalized spacial score (nSPS) is 10.5. The van der Waals surface area contributed by atoms with Gasteiger partial charge in [0.1, 0.15) is 0 Å². The molecule has 0 saturated carbocycles. The molecule has 17 heavy (non-hydrogen) atoms. The minimum atomic E-state index is 0.0400. The molecule has 0 aliphatic heterocycles. The first-order valence-electron chi connectivity index (χ1n) is 5.06. The number of aromatic hydroxyl groups is 1. The highest BCUT2D eigenvalue weighted by Gasteiger charge is 2.08. The highest BCUT2D eigenvalue weighted by Crippen LogP contribution is 2.30. The molecule has 1 rings (SSSR count). The average Bonchev–Trinajstić information content (AvgIpc) is 2.31. The Morgan fingerprint density at radius 1 is 1.65 bits per heavy atom. The van der Waals surface area contributed by atoms with Crippen LogP contribution in [0.1, 0.15) is 18.1 Å². The number of rotatable bonds is 4. The summed E-state index contributed by atoms with van der Waals surface area (Å²) in [5, 5.41) is 13.7. The van der Waals surface area contributed by atoms with E-state index in [0.717, 1.165) is 12.0 Å². The zero-order valence-corrected chi connectivity index (χ0v) is 10.5. The Morgan fingerprint density at radius 3 is 2.88 bits per heavy atom. The van der Waals surface area contributed by atoms with Gasteiger partial charge in [0.25, 0.3) is 0 Å². The summed E-state index contributed by atoms with van der Waals surface area (Å²) in [6, 6.07) is 3.61. The number of phenols is 1. The first kappa shape index (κ1) is 13.2. The molecule has 0 radical (unpaired) electrons. The number of aryl methyl sites for hydroxylation is 1. The second-order valence-electron chi connectivity index (χ2n) is 3.32. The van der Waals surface area contributed by atoms with E-state index in [1.807, 2.05) is 13.0 Å². The van der Waals surface area contributed by atoms with Crippen LogP contribution in [0.4, 0.5) is 0 Å². The van der Waals surface area contributed by atoms with Crippen molar-refractivity contribution in [2.75, 3.05) is 7.11 Å². The molecule has 1 aromatic carbocycles. The van der Waals surface area contributed by atoms with Gasteiger partial charge in [-0.15, -0.1) is 0 Å². The molecule has 1 aromatic rings. The molecule has 6 heteroatoms. The van der Waals surface area contributed by atoms with Crippen LogP contribution in [0.3, 0.4) is 0 Å². The Bertz CT molecular complexity index is 447. The number of hydrazone groups is 1. The van der Waals surface area contributed by atoms with Gasteiger partial charge in [-0.25, -0.2) is 0 Å². The summed E-state index contributed by atoms with van der Waals surface area (Å²) in [7, 11) is 1.50. The predicted molar refractivity (Wildman–Crippen MR) is 71.6 cm³/mol. The standard InChI is InChI=1S/C11H15N3O2S/c1-3-7-4-8(6-13-14-11(12)17)10(15)9(5-7)16-2/h4-6,15H,3H2,1-2H3,(H3,12,14,17). The van der Waals surface area contributed by atoms with E-state index in [4.69, 9.17) is 10.5 Å². The van der Waals surface area contributed by atoms with Crippen LogP contribution < -0.4 is 15.9 Å². The van der Waals surface area contributed by atoms with Gasteiger partial charge in [-0.2, -0.15) is 5.10 Å². The Balaban J connectivity index is 3.04. The maximum absolute atomic E-state index is 9.87. The van der Waals surface area contributed by atoms with Crippen molar-refractivity contribution in [3.05, 3.63) is 23.3 Å². The van der Waals surface area contributed by atoms with Gasteiger partial charge in [-0.05, 0) is 36.3 Å². The van der Waals surface area contributed by atoms with E-state index in [0.29, 0.717) is 11.3 Å². The van der Waals surface area contributed by atoms with E-state index in [1.54, 1.807) is 6.07 Å². The van der Waals surface area contributed by atoms with Crippen molar-refractivity contribution < 1.29 is 9.84 Å². The fourth-order valence-electron chi connectivity index (χ4n) is 1.31. The number of nitrogens with zero attached hydrogens (tertiary/aromatic N) is 1. The number of nitrogens with two attached hydrogens (primary N) is 1. The third kappa shape index (κ3) is 3.60. The van der Waals surface area contributed by atoms with Crippen LogP contribution in [0.2, 0.25) is 0 Å². The fraction of sp³-hybridized carbons (Fsp3) is 0.273. The third-order valence-electron chi connectivity index (χ3n) is 2.17. The fourth-order valence-corrected chi connectivity index (χ4v) is 1.37. The monoisotopic (exact) mass is 253 g/mol. The molecule has 0 unspecified atom stereocenters. The summed E-state index contributed by atoms with van der Waals surface area (Å²) >= 11 is 4.61. The van der Waals surface area contributed by atoms with Crippen LogP contribution >= 0.6 is 12.2 Å². The van der Waals surface area contributed by atoms with E-state index < -0.39 is 0 Å². The molecule has 0 saturated heterocycles. The van der Waals surface area contributed by atoms with Crippen molar-refractivity contribution in [3.8, 4) is 11.5 Å². The van der Waals surface area contributed by atoms with Gasteiger partial charge in [0, 0.05) is 5.56 Å². The van der Waals surface area contributed by atoms with E-state index >= 15 is 0 Å². The van der Waals surface area contributed by atoms with Crippen molar-refractivity contribution >= 4 is 23.5 Å². The zero-order chi connectivity index (χ0) is 12.8. The van der Waals surface area contributed by atoms with Gasteiger partial charge >= 0.3 is 0 Å². The van der Waals surface area contributed by atoms with Crippen molar-refractivity contribution in [3.63, 3.8) is 0 Å². The van der Waals surface area contributed by atoms with Crippen molar-refractivity contribution in [1.82, 2.24) is 5.43 Å². The molecule has 0 aliphatic rings. The van der Waals surface area contributed by atoms with Crippen LogP contribution in [-0.4, -0.2) is 23.5 Å². The molecule has 0 aliphatic carbocycles. The lowest BCUT2D eigenvalue weighted by atomic mass is 10.1. The maximum Gasteiger partial charge on any atom is 0.184 e. The lowest BCUT2D eigenvalue weighted by Crippen LogP contribution is -2.24. The summed E-state index contributed by atoms with van der Waals surface area (Å²) in [5.74, 6) is 0.458. The maximum atomic E-state index is 9.87. The largest absolute Gasteiger partial charge is 0.504 e. The molecule has 0 fully saturated rings. The van der Waals surface area contributed by atoms with Crippen LogP contribution in [0.5, 0.6) is 11.5 Å². The minimum Gasteiger partial charge on any atom is -0.504 e. The van der Waals surface area contributed by atoms with E-state index in [9.17, 15) is 5.11 Å². The van der Waals surface area contributed by atoms with E-state index in [2.05, 4.69) is 22.7 Å². The zero-order valence-electron chi connectivity index (χ0n) is 9.73. The molecule has 5 nitrogen and oxygen atoms in total. The molecular weight excluding hydrogens is 238 g/mol. The Morgan fingerprint density at radius 2 is 2.35 bits per heavy atom. The molecule has 0 aromatic heterocycles. The molecule has 0 heterocycles. The number of hydrogen-bond donors (Lipinski definition) is 3. The SMILES string of the molecule is CCc1cc(C=NNC(N)=S)c(O)c(OC)c1. The summed E-state index contributed by atoms with van der Waals surface area (Å²) in [4.78, 5) is 0.